The van der Waals surface area contributed by atoms with Crippen LogP contribution in [-0.2, 0) is 32.7 Å². The van der Waals surface area contributed by atoms with Crippen LogP contribution in [0.25, 0.3) is 0 Å². The predicted octanol–water partition coefficient (Wildman–Crippen LogP) is 4.68. The van der Waals surface area contributed by atoms with E-state index in [0.29, 0.717) is 6.07 Å². The van der Waals surface area contributed by atoms with Crippen LogP contribution in [0.5, 0.6) is 0 Å². The summed E-state index contributed by atoms with van der Waals surface area (Å²) in [4.78, 5) is 12.5. The van der Waals surface area contributed by atoms with Crippen LogP contribution in [0.4, 0.5) is 13.2 Å². The van der Waals surface area contributed by atoms with Crippen LogP contribution < -0.4 is 5.32 Å². The second kappa shape index (κ2) is 9.79. The van der Waals surface area contributed by atoms with Crippen LogP contribution >= 0.6 is 23.2 Å². The second-order valence-electron chi connectivity index (χ2n) is 6.91. The molecule has 0 saturated heterocycles. The van der Waals surface area contributed by atoms with Crippen LogP contribution in [0, 0.1) is 0 Å². The maximum Gasteiger partial charge on any atom is 0.416 e. The standard InChI is InChI=1S/C19H18Cl2F3NO6S2/c1-3-32(27,28)16-5-4-13(20)6-12(16)9-25-18(26)11-7-14(19(22,23)24)17(15(21)8-11)10(2)33(29,30)31/h4-8,10H,3,9H2,1-2H3,(H,25,26)(H,29,30,31). The third-order valence-corrected chi connectivity index (χ3v) is 8.23. The Bertz CT molecular complexity index is 1300. The highest BCUT2D eigenvalue weighted by molar-refractivity contribution is 7.91. The molecule has 2 rings (SSSR count). The zero-order chi connectivity index (χ0) is 25.4. The van der Waals surface area contributed by atoms with Gasteiger partial charge in [-0.1, -0.05) is 30.1 Å². The summed E-state index contributed by atoms with van der Waals surface area (Å²) in [6.07, 6.45) is -5.09. The van der Waals surface area contributed by atoms with Gasteiger partial charge in [-0.05, 0) is 42.8 Å². The van der Waals surface area contributed by atoms with E-state index in [1.54, 1.807) is 0 Å². The van der Waals surface area contributed by atoms with Crippen molar-refractivity contribution in [1.82, 2.24) is 5.32 Å². The van der Waals surface area contributed by atoms with Gasteiger partial charge in [-0.3, -0.25) is 9.35 Å². The summed E-state index contributed by atoms with van der Waals surface area (Å²) in [5, 5.41) is -0.216. The highest BCUT2D eigenvalue weighted by Gasteiger charge is 2.39. The van der Waals surface area contributed by atoms with Crippen LogP contribution in [0.15, 0.2) is 35.2 Å². The topological polar surface area (TPSA) is 118 Å². The molecule has 0 aliphatic rings. The summed E-state index contributed by atoms with van der Waals surface area (Å²) < 4.78 is 97.3. The van der Waals surface area contributed by atoms with Crippen molar-refractivity contribution in [3.8, 4) is 0 Å². The fraction of sp³-hybridized carbons (Fsp3) is 0.316. The molecule has 1 unspecified atom stereocenters. The van der Waals surface area contributed by atoms with E-state index in [1.165, 1.54) is 25.1 Å². The van der Waals surface area contributed by atoms with Crippen molar-refractivity contribution < 1.29 is 39.4 Å². The number of alkyl halides is 3. The zero-order valence-electron chi connectivity index (χ0n) is 17.1. The number of hydrogen-bond acceptors (Lipinski definition) is 5. The van der Waals surface area contributed by atoms with Gasteiger partial charge in [0.25, 0.3) is 16.0 Å². The molecule has 2 aromatic carbocycles. The summed E-state index contributed by atoms with van der Waals surface area (Å²) in [7, 11) is -8.60. The lowest BCUT2D eigenvalue weighted by molar-refractivity contribution is -0.138. The maximum atomic E-state index is 13.6. The van der Waals surface area contributed by atoms with E-state index in [-0.39, 0.29) is 27.8 Å². The Balaban J connectivity index is 2.47. The normalized spacial score (nSPS) is 13.6. The summed E-state index contributed by atoms with van der Waals surface area (Å²) in [6.45, 7) is 1.86. The van der Waals surface area contributed by atoms with Crippen molar-refractivity contribution in [2.75, 3.05) is 5.75 Å². The quantitative estimate of drug-likeness (QED) is 0.485. The highest BCUT2D eigenvalue weighted by atomic mass is 35.5. The van der Waals surface area contributed by atoms with Gasteiger partial charge in [0.1, 0.15) is 5.25 Å². The first-order valence-corrected chi connectivity index (χ1v) is 13.1. The molecule has 0 saturated carbocycles. The minimum atomic E-state index is -5.09. The molecule has 1 amide bonds. The molecule has 7 nitrogen and oxygen atoms in total. The summed E-state index contributed by atoms with van der Waals surface area (Å²) >= 11 is 11.8. The number of sulfone groups is 1. The monoisotopic (exact) mass is 547 g/mol. The zero-order valence-corrected chi connectivity index (χ0v) is 20.2. The van der Waals surface area contributed by atoms with Gasteiger partial charge in [0.2, 0.25) is 0 Å². The van der Waals surface area contributed by atoms with E-state index in [9.17, 15) is 39.4 Å². The van der Waals surface area contributed by atoms with Crippen molar-refractivity contribution in [3.63, 3.8) is 0 Å². The fourth-order valence-electron chi connectivity index (χ4n) is 2.97. The molecule has 0 fully saturated rings. The third kappa shape index (κ3) is 6.38. The number of carbonyl (C=O) groups excluding carboxylic acids is 1. The van der Waals surface area contributed by atoms with Crippen LogP contribution in [0.2, 0.25) is 10.0 Å². The van der Waals surface area contributed by atoms with Crippen LogP contribution in [-0.4, -0.2) is 33.0 Å². The SMILES string of the molecule is CCS(=O)(=O)c1ccc(Cl)cc1CNC(=O)c1cc(Cl)c(C(C)S(=O)(=O)O)c(C(F)(F)F)c1. The van der Waals surface area contributed by atoms with Crippen molar-refractivity contribution in [2.24, 2.45) is 0 Å². The van der Waals surface area contributed by atoms with Gasteiger partial charge in [-0.25, -0.2) is 8.42 Å². The van der Waals surface area contributed by atoms with E-state index in [1.807, 2.05) is 0 Å². The van der Waals surface area contributed by atoms with Gasteiger partial charge in [0.15, 0.2) is 9.84 Å². The van der Waals surface area contributed by atoms with Crippen molar-refractivity contribution >= 4 is 49.1 Å². The number of carbonyl (C=O) groups is 1. The number of nitrogens with one attached hydrogen (secondary N) is 1. The molecule has 0 aliphatic carbocycles. The number of hydrogen-bond donors (Lipinski definition) is 2. The number of rotatable bonds is 7. The Morgan fingerprint density at radius 1 is 1.12 bits per heavy atom. The molecule has 0 heterocycles. The third-order valence-electron chi connectivity index (χ3n) is 4.73. The van der Waals surface area contributed by atoms with E-state index < -0.39 is 59.0 Å². The van der Waals surface area contributed by atoms with Crippen LogP contribution in [0.1, 0.15) is 46.1 Å². The molecular formula is C19H18Cl2F3NO6S2. The van der Waals surface area contributed by atoms with Crippen LogP contribution in [0.3, 0.4) is 0 Å². The van der Waals surface area contributed by atoms with Gasteiger partial charge < -0.3 is 5.32 Å². The van der Waals surface area contributed by atoms with Crippen molar-refractivity contribution in [2.45, 2.75) is 36.7 Å². The van der Waals surface area contributed by atoms with Gasteiger partial charge in [-0.15, -0.1) is 0 Å². The fourth-order valence-corrected chi connectivity index (χ4v) is 5.28. The van der Waals surface area contributed by atoms with E-state index >= 15 is 0 Å². The molecule has 0 bridgehead atoms. The Morgan fingerprint density at radius 3 is 2.24 bits per heavy atom. The molecular weight excluding hydrogens is 530 g/mol. The predicted molar refractivity (Wildman–Crippen MR) is 117 cm³/mol. The highest BCUT2D eigenvalue weighted by Crippen LogP contribution is 2.41. The number of amides is 1. The summed E-state index contributed by atoms with van der Waals surface area (Å²) in [5.74, 6) is -1.26. The van der Waals surface area contributed by atoms with Gasteiger partial charge in [-0.2, -0.15) is 21.6 Å². The summed E-state index contributed by atoms with van der Waals surface area (Å²) in [5.41, 5.74) is -2.85. The molecule has 0 aromatic heterocycles. The molecule has 2 aromatic rings. The summed E-state index contributed by atoms with van der Waals surface area (Å²) in [6, 6.07) is 5.13. The lowest BCUT2D eigenvalue weighted by atomic mass is 10.0. The van der Waals surface area contributed by atoms with E-state index in [4.69, 9.17) is 23.2 Å². The molecule has 0 spiro atoms. The Labute approximate surface area is 198 Å². The molecule has 2 N–H and O–H groups in total. The van der Waals surface area contributed by atoms with E-state index in [0.717, 1.165) is 13.0 Å². The minimum Gasteiger partial charge on any atom is -0.348 e. The van der Waals surface area contributed by atoms with Crippen molar-refractivity contribution in [3.05, 3.63) is 62.6 Å². The second-order valence-corrected chi connectivity index (χ2v) is 11.7. The van der Waals surface area contributed by atoms with Crippen molar-refractivity contribution in [1.29, 1.82) is 0 Å². The Morgan fingerprint density at radius 2 is 1.73 bits per heavy atom. The largest absolute Gasteiger partial charge is 0.416 e. The molecule has 182 valence electrons. The molecule has 0 aliphatic heterocycles. The number of halogens is 5. The lowest BCUT2D eigenvalue weighted by Gasteiger charge is -2.19. The number of benzene rings is 2. The molecule has 1 atom stereocenters. The first-order chi connectivity index (χ1) is 15.0. The average molecular weight is 548 g/mol. The van der Waals surface area contributed by atoms with Gasteiger partial charge in [0, 0.05) is 27.7 Å². The average Bonchev–Trinajstić information content (AvgIpc) is 2.69. The minimum absolute atomic E-state index is 0.0963. The van der Waals surface area contributed by atoms with E-state index in [2.05, 4.69) is 5.32 Å². The Kier molecular flexibility index (Phi) is 8.12. The molecule has 33 heavy (non-hydrogen) atoms. The Hall–Kier alpha value is -1.86. The molecule has 0 radical (unpaired) electrons. The smallest absolute Gasteiger partial charge is 0.348 e. The van der Waals surface area contributed by atoms with Gasteiger partial charge in [0.05, 0.1) is 16.2 Å². The lowest BCUT2D eigenvalue weighted by Crippen LogP contribution is -2.25. The maximum absolute atomic E-state index is 13.6. The molecule has 14 heteroatoms. The van der Waals surface area contributed by atoms with Gasteiger partial charge >= 0.3 is 6.18 Å². The first kappa shape index (κ1) is 27.4. The first-order valence-electron chi connectivity index (χ1n) is 9.15.